The topological polar surface area (TPSA) is 89.4 Å². The predicted octanol–water partition coefficient (Wildman–Crippen LogP) is 7.20. The molecule has 32 heavy (non-hydrogen) atoms. The van der Waals surface area contributed by atoms with Crippen LogP contribution >= 0.6 is 11.8 Å². The van der Waals surface area contributed by atoms with Crippen molar-refractivity contribution >= 4 is 22.8 Å². The van der Waals surface area contributed by atoms with Gasteiger partial charge in [-0.15, -0.1) is 0 Å². The molecule has 4 aliphatic rings. The van der Waals surface area contributed by atoms with Crippen LogP contribution in [0.2, 0.25) is 0 Å². The van der Waals surface area contributed by atoms with Crippen molar-refractivity contribution in [2.75, 3.05) is 5.75 Å². The van der Waals surface area contributed by atoms with Crippen LogP contribution in [0.1, 0.15) is 98.3 Å². The Kier molecular flexibility index (Phi) is 8.13. The zero-order valence-electron chi connectivity index (χ0n) is 20.9. The van der Waals surface area contributed by atoms with Crippen LogP contribution in [0, 0.1) is 52.3 Å². The molecule has 184 valence electrons. The Balaban J connectivity index is 0.00000289. The molecule has 9 atom stereocenters. The lowest BCUT2D eigenvalue weighted by Gasteiger charge is -2.61. The monoisotopic (exact) mass is 465 g/mol. The van der Waals surface area contributed by atoms with E-state index in [4.69, 9.17) is 5.11 Å². The Hall–Kier alpha value is -0.550. The van der Waals surface area contributed by atoms with E-state index in [1.54, 1.807) is 18.7 Å². The Bertz CT molecular complexity index is 698. The minimum atomic E-state index is -0.640. The molecule has 4 rings (SSSR count). The smallest absolute Gasteiger partial charge is 0.303 e. The van der Waals surface area contributed by atoms with E-state index >= 15 is 0 Å². The summed E-state index contributed by atoms with van der Waals surface area (Å²) in [6.07, 6.45) is 13.4. The Morgan fingerprint density at radius 1 is 1.00 bits per heavy atom. The lowest BCUT2D eigenvalue weighted by molar-refractivity contribution is -0.138. The zero-order valence-corrected chi connectivity index (χ0v) is 21.7. The summed E-state index contributed by atoms with van der Waals surface area (Å²) in [7, 11) is 0. The molecular formula is C27H47NO3S. The van der Waals surface area contributed by atoms with E-state index in [1.807, 2.05) is 0 Å². The van der Waals surface area contributed by atoms with Gasteiger partial charge < -0.3 is 11.3 Å². The van der Waals surface area contributed by atoms with Crippen molar-refractivity contribution < 1.29 is 14.7 Å². The minimum Gasteiger partial charge on any atom is -0.481 e. The number of carboxylic acid groups (broad SMARTS) is 1. The van der Waals surface area contributed by atoms with Crippen molar-refractivity contribution in [3.05, 3.63) is 0 Å². The SMILES string of the molecule is CC(=O)SCC1CC[C@]2(C)C3CC[C@]4(C)C(C(C)CCC(=O)O)CCC4[C@@H]3CC[C@@H]2C1.N. The van der Waals surface area contributed by atoms with Gasteiger partial charge in [-0.25, -0.2) is 0 Å². The molecule has 4 nitrogen and oxygen atoms in total. The van der Waals surface area contributed by atoms with Gasteiger partial charge in [-0.2, -0.15) is 0 Å². The van der Waals surface area contributed by atoms with Gasteiger partial charge in [0.15, 0.2) is 5.12 Å². The van der Waals surface area contributed by atoms with Gasteiger partial charge in [-0.05, 0) is 116 Å². The van der Waals surface area contributed by atoms with Gasteiger partial charge in [0.1, 0.15) is 0 Å². The van der Waals surface area contributed by atoms with Crippen molar-refractivity contribution in [3.63, 3.8) is 0 Å². The molecule has 0 aliphatic heterocycles. The Labute approximate surface area is 200 Å². The van der Waals surface area contributed by atoms with Crippen LogP contribution in [-0.4, -0.2) is 21.9 Å². The molecule has 4 fully saturated rings. The van der Waals surface area contributed by atoms with Crippen LogP contribution in [-0.2, 0) is 9.59 Å². The van der Waals surface area contributed by atoms with Crippen molar-refractivity contribution in [2.45, 2.75) is 98.3 Å². The van der Waals surface area contributed by atoms with Crippen LogP contribution < -0.4 is 6.15 Å². The fourth-order valence-electron chi connectivity index (χ4n) is 9.26. The van der Waals surface area contributed by atoms with Gasteiger partial charge in [0.2, 0.25) is 0 Å². The average Bonchev–Trinajstić information content (AvgIpc) is 3.07. The number of hydrogen-bond donors (Lipinski definition) is 2. The van der Waals surface area contributed by atoms with E-state index in [2.05, 4.69) is 20.8 Å². The summed E-state index contributed by atoms with van der Waals surface area (Å²) in [4.78, 5) is 22.6. The second kappa shape index (κ2) is 9.98. The van der Waals surface area contributed by atoms with Crippen LogP contribution in [0.15, 0.2) is 0 Å². The maximum atomic E-state index is 11.4. The van der Waals surface area contributed by atoms with E-state index in [0.717, 1.165) is 41.8 Å². The van der Waals surface area contributed by atoms with E-state index in [0.29, 0.717) is 29.1 Å². The number of carbonyl (C=O) groups excluding carboxylic acids is 1. The third-order valence-corrected chi connectivity index (χ3v) is 11.9. The molecule has 0 aromatic heterocycles. The van der Waals surface area contributed by atoms with Gasteiger partial charge in [-0.3, -0.25) is 9.59 Å². The first-order chi connectivity index (χ1) is 14.6. The fraction of sp³-hybridized carbons (Fsp3) is 0.926. The van der Waals surface area contributed by atoms with Gasteiger partial charge in [0.25, 0.3) is 0 Å². The molecule has 5 unspecified atom stereocenters. The van der Waals surface area contributed by atoms with Crippen LogP contribution in [0.3, 0.4) is 0 Å². The molecule has 4 aliphatic carbocycles. The molecule has 0 radical (unpaired) electrons. The fourth-order valence-corrected chi connectivity index (χ4v) is 10.0. The van der Waals surface area contributed by atoms with Crippen molar-refractivity contribution in [1.29, 1.82) is 0 Å². The quantitative estimate of drug-likeness (QED) is 0.433. The summed E-state index contributed by atoms with van der Waals surface area (Å²) < 4.78 is 0. The second-order valence-corrected chi connectivity index (χ2v) is 13.4. The number of carbonyl (C=O) groups is 2. The van der Waals surface area contributed by atoms with E-state index < -0.39 is 5.97 Å². The lowest BCUT2D eigenvalue weighted by atomic mass is 9.44. The van der Waals surface area contributed by atoms with Gasteiger partial charge in [0.05, 0.1) is 0 Å². The predicted molar refractivity (Wildman–Crippen MR) is 133 cm³/mol. The average molecular weight is 466 g/mol. The molecular weight excluding hydrogens is 418 g/mol. The zero-order chi connectivity index (χ0) is 22.4. The highest BCUT2D eigenvalue weighted by atomic mass is 32.2. The Morgan fingerprint density at radius 3 is 2.38 bits per heavy atom. The third kappa shape index (κ3) is 4.67. The first kappa shape index (κ1) is 26.1. The number of carboxylic acids is 1. The van der Waals surface area contributed by atoms with E-state index in [1.165, 1.54) is 57.8 Å². The number of hydrogen-bond acceptors (Lipinski definition) is 4. The van der Waals surface area contributed by atoms with Gasteiger partial charge in [-0.1, -0.05) is 32.5 Å². The number of aliphatic carboxylic acids is 1. The number of fused-ring (bicyclic) bond motifs is 5. The van der Waals surface area contributed by atoms with E-state index in [9.17, 15) is 9.59 Å². The maximum absolute atomic E-state index is 11.4. The summed E-state index contributed by atoms with van der Waals surface area (Å²) in [5, 5.41) is 9.43. The van der Waals surface area contributed by atoms with Gasteiger partial charge >= 0.3 is 5.97 Å². The highest BCUT2D eigenvalue weighted by Gasteiger charge is 2.60. The molecule has 4 saturated carbocycles. The van der Waals surface area contributed by atoms with E-state index in [-0.39, 0.29) is 11.3 Å². The van der Waals surface area contributed by atoms with Crippen LogP contribution in [0.5, 0.6) is 0 Å². The summed E-state index contributed by atoms with van der Waals surface area (Å²) in [5.41, 5.74) is 0.937. The molecule has 0 heterocycles. The lowest BCUT2D eigenvalue weighted by Crippen LogP contribution is -2.53. The molecule has 0 bridgehead atoms. The normalized spacial score (nSPS) is 43.9. The molecule has 5 heteroatoms. The van der Waals surface area contributed by atoms with Crippen molar-refractivity contribution in [3.8, 4) is 0 Å². The van der Waals surface area contributed by atoms with Crippen LogP contribution in [0.25, 0.3) is 0 Å². The summed E-state index contributed by atoms with van der Waals surface area (Å²) in [6, 6.07) is 0. The van der Waals surface area contributed by atoms with Gasteiger partial charge in [0, 0.05) is 19.1 Å². The molecule has 0 spiro atoms. The van der Waals surface area contributed by atoms with Crippen molar-refractivity contribution in [1.82, 2.24) is 6.15 Å². The summed E-state index contributed by atoms with van der Waals surface area (Å²) in [5.74, 6) is 5.86. The largest absolute Gasteiger partial charge is 0.481 e. The van der Waals surface area contributed by atoms with Crippen LogP contribution in [0.4, 0.5) is 0 Å². The summed E-state index contributed by atoms with van der Waals surface area (Å²) in [6.45, 7) is 9.24. The standard InChI is InChI=1S/C27H44O3S.H3N/c1-17(5-10-25(29)30)22-8-9-23-21-7-6-20-15-19(16-31-18(2)28)11-13-26(20,3)24(21)12-14-27(22,23)4;/h17,19-24H,5-16H2,1-4H3,(H,29,30);1H3/t17?,19?,20-,21+,22?,23?,24?,26+,27-;/m1./s1. The Morgan fingerprint density at radius 2 is 1.69 bits per heavy atom. The summed E-state index contributed by atoms with van der Waals surface area (Å²) >= 11 is 1.54. The first-order valence-electron chi connectivity index (χ1n) is 13.0. The molecule has 4 N–H and O–H groups in total. The molecule has 0 aromatic carbocycles. The minimum absolute atomic E-state index is 0. The maximum Gasteiger partial charge on any atom is 0.303 e. The third-order valence-electron chi connectivity index (χ3n) is 10.9. The molecule has 0 aromatic rings. The second-order valence-electron chi connectivity index (χ2n) is 12.2. The highest BCUT2D eigenvalue weighted by Crippen LogP contribution is 2.68. The number of rotatable bonds is 6. The molecule has 0 saturated heterocycles. The number of thioether (sulfide) groups is 1. The molecule has 0 amide bonds. The first-order valence-corrected chi connectivity index (χ1v) is 14.0. The van der Waals surface area contributed by atoms with Crippen molar-refractivity contribution in [2.24, 2.45) is 52.3 Å². The highest BCUT2D eigenvalue weighted by molar-refractivity contribution is 8.13.